The largest absolute Gasteiger partial charge is 0.493 e. The van der Waals surface area contributed by atoms with Gasteiger partial charge in [0.05, 0.1) is 20.8 Å². The van der Waals surface area contributed by atoms with Gasteiger partial charge in [-0.2, -0.15) is 0 Å². The molecule has 1 aliphatic rings. The number of hydrogen-bond donors (Lipinski definition) is 0. The molecule has 5 nitrogen and oxygen atoms in total. The lowest BCUT2D eigenvalue weighted by atomic mass is 10.1. The monoisotopic (exact) mass is 386 g/mol. The summed E-state index contributed by atoms with van der Waals surface area (Å²) >= 11 is 6.02. The van der Waals surface area contributed by atoms with Gasteiger partial charge in [-0.1, -0.05) is 11.6 Å². The van der Waals surface area contributed by atoms with E-state index < -0.39 is 0 Å². The van der Waals surface area contributed by atoms with Crippen molar-refractivity contribution in [3.05, 3.63) is 53.1 Å². The molecule has 2 aromatic rings. The van der Waals surface area contributed by atoms with Gasteiger partial charge in [0, 0.05) is 29.2 Å². The molecule has 0 spiro atoms. The number of rotatable bonds is 6. The van der Waals surface area contributed by atoms with E-state index >= 15 is 0 Å². The number of carbonyl (C=O) groups is 1. The Bertz CT molecular complexity index is 834. The smallest absolute Gasteiger partial charge is 0.182 e. The number of amidine groups is 1. The number of carbonyl (C=O) groups excluding carboxylic acids is 1. The molecule has 0 aromatic heterocycles. The molecule has 2 aromatic carbocycles. The number of benzene rings is 2. The normalized spacial score (nSPS) is 13.7. The van der Waals surface area contributed by atoms with Crippen molar-refractivity contribution in [1.29, 1.82) is 0 Å². The molecule has 3 rings (SSSR count). The Hall–Kier alpha value is -2.53. The molecule has 0 unspecified atom stereocenters. The first-order chi connectivity index (χ1) is 13.1. The summed E-state index contributed by atoms with van der Waals surface area (Å²) in [4.78, 5) is 19.6. The van der Waals surface area contributed by atoms with Crippen LogP contribution in [0.4, 0.5) is 5.69 Å². The zero-order valence-corrected chi connectivity index (χ0v) is 16.3. The standard InChI is InChI=1S/C21H23ClN2O3/c1-26-19-11-6-15(13-20(19)27-2)18(25)14-24(21-5-3-4-12-23-21)17-9-7-16(22)8-10-17/h6-11,13H,3-5,12,14H2,1-2H3. The van der Waals surface area contributed by atoms with Crippen LogP contribution in [0.1, 0.15) is 29.6 Å². The van der Waals surface area contributed by atoms with Gasteiger partial charge in [-0.05, 0) is 55.3 Å². The van der Waals surface area contributed by atoms with E-state index in [1.54, 1.807) is 32.4 Å². The predicted octanol–water partition coefficient (Wildman–Crippen LogP) is 4.63. The zero-order chi connectivity index (χ0) is 19.2. The SMILES string of the molecule is COc1ccc(C(=O)CN(C2=NCCCC2)c2ccc(Cl)cc2)cc1OC. The Labute approximate surface area is 164 Å². The fourth-order valence-corrected chi connectivity index (χ4v) is 3.23. The highest BCUT2D eigenvalue weighted by atomic mass is 35.5. The van der Waals surface area contributed by atoms with Crippen LogP contribution < -0.4 is 14.4 Å². The first kappa shape index (κ1) is 19.2. The number of nitrogens with zero attached hydrogens (tertiary/aromatic N) is 2. The Balaban J connectivity index is 1.88. The van der Waals surface area contributed by atoms with Gasteiger partial charge in [-0.15, -0.1) is 0 Å². The van der Waals surface area contributed by atoms with Gasteiger partial charge in [-0.25, -0.2) is 0 Å². The average molecular weight is 387 g/mol. The van der Waals surface area contributed by atoms with Crippen LogP contribution in [0.25, 0.3) is 0 Å². The van der Waals surface area contributed by atoms with Crippen molar-refractivity contribution in [1.82, 2.24) is 0 Å². The van der Waals surface area contributed by atoms with Crippen LogP contribution in [0.15, 0.2) is 47.5 Å². The van der Waals surface area contributed by atoms with Crippen LogP contribution in [0.5, 0.6) is 11.5 Å². The number of aliphatic imine (C=N–C) groups is 1. The Kier molecular flexibility index (Phi) is 6.35. The maximum atomic E-state index is 13.0. The molecule has 0 fully saturated rings. The Morgan fingerprint density at radius 3 is 2.44 bits per heavy atom. The van der Waals surface area contributed by atoms with Crippen molar-refractivity contribution in [2.24, 2.45) is 4.99 Å². The van der Waals surface area contributed by atoms with E-state index in [-0.39, 0.29) is 12.3 Å². The van der Waals surface area contributed by atoms with Crippen LogP contribution >= 0.6 is 11.6 Å². The highest BCUT2D eigenvalue weighted by molar-refractivity contribution is 6.30. The molecular weight excluding hydrogens is 364 g/mol. The second-order valence-electron chi connectivity index (χ2n) is 6.31. The van der Waals surface area contributed by atoms with Crippen LogP contribution in [-0.4, -0.2) is 38.9 Å². The second-order valence-corrected chi connectivity index (χ2v) is 6.75. The molecule has 0 radical (unpaired) electrons. The fraction of sp³-hybridized carbons (Fsp3) is 0.333. The van der Waals surface area contributed by atoms with Gasteiger partial charge < -0.3 is 14.4 Å². The zero-order valence-electron chi connectivity index (χ0n) is 15.6. The van der Waals surface area contributed by atoms with Crippen molar-refractivity contribution in [2.75, 3.05) is 32.2 Å². The number of anilines is 1. The summed E-state index contributed by atoms with van der Waals surface area (Å²) in [5, 5.41) is 0.663. The summed E-state index contributed by atoms with van der Waals surface area (Å²) in [7, 11) is 3.13. The van der Waals surface area contributed by atoms with Crippen LogP contribution in [0.2, 0.25) is 5.02 Å². The van der Waals surface area contributed by atoms with E-state index in [0.717, 1.165) is 37.3 Å². The number of hydrogen-bond acceptors (Lipinski definition) is 5. The quantitative estimate of drug-likeness (QED) is 0.679. The summed E-state index contributed by atoms with van der Waals surface area (Å²) < 4.78 is 10.6. The fourth-order valence-electron chi connectivity index (χ4n) is 3.10. The molecule has 1 heterocycles. The molecule has 0 N–H and O–H groups in total. The van der Waals surface area contributed by atoms with Crippen molar-refractivity contribution in [3.63, 3.8) is 0 Å². The summed E-state index contributed by atoms with van der Waals surface area (Å²) in [5.41, 5.74) is 1.48. The summed E-state index contributed by atoms with van der Waals surface area (Å²) in [6.45, 7) is 1.000. The average Bonchev–Trinajstić information content (AvgIpc) is 2.72. The van der Waals surface area contributed by atoms with E-state index in [9.17, 15) is 4.79 Å². The van der Waals surface area contributed by atoms with Crippen molar-refractivity contribution < 1.29 is 14.3 Å². The van der Waals surface area contributed by atoms with Crippen molar-refractivity contribution in [2.45, 2.75) is 19.3 Å². The minimum Gasteiger partial charge on any atom is -0.493 e. The van der Waals surface area contributed by atoms with Gasteiger partial charge in [0.1, 0.15) is 5.84 Å². The number of ether oxygens (including phenoxy) is 2. The number of methoxy groups -OCH3 is 2. The first-order valence-corrected chi connectivity index (χ1v) is 9.32. The third-order valence-corrected chi connectivity index (χ3v) is 4.81. The second kappa shape index (κ2) is 8.91. The van der Waals surface area contributed by atoms with E-state index in [1.165, 1.54) is 0 Å². The lowest BCUT2D eigenvalue weighted by molar-refractivity contribution is 0.100. The number of halogens is 1. The third-order valence-electron chi connectivity index (χ3n) is 4.56. The van der Waals surface area contributed by atoms with Gasteiger partial charge in [0.15, 0.2) is 17.3 Å². The van der Waals surface area contributed by atoms with Crippen LogP contribution in [0, 0.1) is 0 Å². The minimum atomic E-state index is -0.0147. The molecule has 0 amide bonds. The van der Waals surface area contributed by atoms with E-state index in [4.69, 9.17) is 21.1 Å². The van der Waals surface area contributed by atoms with Gasteiger partial charge in [0.2, 0.25) is 0 Å². The highest BCUT2D eigenvalue weighted by Gasteiger charge is 2.21. The molecular formula is C21H23ClN2O3. The highest BCUT2D eigenvalue weighted by Crippen LogP contribution is 2.28. The molecule has 6 heteroatoms. The summed E-state index contributed by atoms with van der Waals surface area (Å²) in [6.07, 6.45) is 3.02. The maximum absolute atomic E-state index is 13.0. The summed E-state index contributed by atoms with van der Waals surface area (Å²) in [5.74, 6) is 2.06. The van der Waals surface area contributed by atoms with Crippen LogP contribution in [0.3, 0.4) is 0 Å². The predicted molar refractivity (Wildman–Crippen MR) is 109 cm³/mol. The molecule has 0 saturated heterocycles. The van der Waals surface area contributed by atoms with Crippen molar-refractivity contribution >= 4 is 28.9 Å². The van der Waals surface area contributed by atoms with Crippen LogP contribution in [-0.2, 0) is 0 Å². The van der Waals surface area contributed by atoms with Gasteiger partial charge in [-0.3, -0.25) is 9.79 Å². The van der Waals surface area contributed by atoms with Gasteiger partial charge in [0.25, 0.3) is 0 Å². The molecule has 0 atom stereocenters. The number of Topliss-reactive ketones (excluding diaryl/α,β-unsaturated/α-hetero) is 1. The first-order valence-electron chi connectivity index (χ1n) is 8.94. The third kappa shape index (κ3) is 4.61. The topological polar surface area (TPSA) is 51.1 Å². The maximum Gasteiger partial charge on any atom is 0.182 e. The van der Waals surface area contributed by atoms with Gasteiger partial charge >= 0.3 is 0 Å². The molecule has 0 bridgehead atoms. The van der Waals surface area contributed by atoms with E-state index in [2.05, 4.69) is 4.99 Å². The minimum absolute atomic E-state index is 0.0147. The van der Waals surface area contributed by atoms with E-state index in [0.29, 0.717) is 22.1 Å². The lowest BCUT2D eigenvalue weighted by Crippen LogP contribution is -2.37. The number of ketones is 1. The molecule has 142 valence electrons. The molecule has 0 aliphatic carbocycles. The lowest BCUT2D eigenvalue weighted by Gasteiger charge is -2.28. The summed E-state index contributed by atoms with van der Waals surface area (Å²) in [6, 6.07) is 12.7. The Morgan fingerprint density at radius 2 is 1.81 bits per heavy atom. The van der Waals surface area contributed by atoms with E-state index in [1.807, 2.05) is 29.2 Å². The molecule has 27 heavy (non-hydrogen) atoms. The Morgan fingerprint density at radius 1 is 1.07 bits per heavy atom. The molecule has 1 aliphatic heterocycles. The molecule has 0 saturated carbocycles. The van der Waals surface area contributed by atoms with Crippen molar-refractivity contribution in [3.8, 4) is 11.5 Å².